The van der Waals surface area contributed by atoms with Crippen molar-refractivity contribution in [3.63, 3.8) is 0 Å². The van der Waals surface area contributed by atoms with Gasteiger partial charge in [-0.2, -0.15) is 0 Å². The van der Waals surface area contributed by atoms with Crippen molar-refractivity contribution in [2.75, 3.05) is 19.5 Å². The van der Waals surface area contributed by atoms with Gasteiger partial charge in [-0.05, 0) is 48.7 Å². The van der Waals surface area contributed by atoms with Crippen LogP contribution in [0.5, 0.6) is 17.2 Å². The highest BCUT2D eigenvalue weighted by Gasteiger charge is 2.34. The van der Waals surface area contributed by atoms with Crippen LogP contribution in [0.4, 0.5) is 5.69 Å². The summed E-state index contributed by atoms with van der Waals surface area (Å²) in [5.74, 6) is 1.10. The molecule has 3 aromatic rings. The van der Waals surface area contributed by atoms with Crippen LogP contribution in [0, 0.1) is 0 Å². The van der Waals surface area contributed by atoms with Crippen LogP contribution in [0.25, 0.3) is 0 Å². The second-order valence-corrected chi connectivity index (χ2v) is 8.63. The van der Waals surface area contributed by atoms with Crippen LogP contribution in [0.15, 0.2) is 66.7 Å². The van der Waals surface area contributed by atoms with Gasteiger partial charge in [0.25, 0.3) is 11.8 Å². The highest BCUT2D eigenvalue weighted by Crippen LogP contribution is 2.35. The van der Waals surface area contributed by atoms with Crippen molar-refractivity contribution < 1.29 is 23.8 Å². The lowest BCUT2D eigenvalue weighted by molar-refractivity contribution is -0.141. The van der Waals surface area contributed by atoms with E-state index in [9.17, 15) is 9.59 Å². The summed E-state index contributed by atoms with van der Waals surface area (Å²) in [5.41, 5.74) is 2.81. The van der Waals surface area contributed by atoms with Crippen molar-refractivity contribution in [3.8, 4) is 17.2 Å². The van der Waals surface area contributed by atoms with Crippen LogP contribution in [0.3, 0.4) is 0 Å². The molecule has 188 valence electrons. The summed E-state index contributed by atoms with van der Waals surface area (Å²) in [6.07, 6.45) is 0.764. The number of hydrogen-bond donors (Lipinski definition) is 1. The molecule has 1 heterocycles. The number of anilines is 1. The monoisotopic (exact) mass is 488 g/mol. The molecule has 0 saturated heterocycles. The smallest absolute Gasteiger partial charge is 0.264 e. The highest BCUT2D eigenvalue weighted by atomic mass is 16.5. The molecule has 0 saturated carbocycles. The number of hydrogen-bond acceptors (Lipinski definition) is 5. The van der Waals surface area contributed by atoms with Crippen molar-refractivity contribution in [1.82, 2.24) is 4.90 Å². The number of rotatable bonds is 8. The zero-order valence-corrected chi connectivity index (χ0v) is 21.1. The highest BCUT2D eigenvalue weighted by molar-refractivity contribution is 6.08. The molecular formula is C29H32N2O5. The summed E-state index contributed by atoms with van der Waals surface area (Å²) in [6.45, 7) is 4.40. The molecule has 3 aromatic carbocycles. The zero-order chi connectivity index (χ0) is 25.7. The lowest BCUT2D eigenvalue weighted by Crippen LogP contribution is -2.41. The summed E-state index contributed by atoms with van der Waals surface area (Å²) >= 11 is 0. The van der Waals surface area contributed by atoms with E-state index in [1.54, 1.807) is 24.3 Å². The molecule has 0 spiro atoms. The Morgan fingerprint density at radius 3 is 2.33 bits per heavy atom. The van der Waals surface area contributed by atoms with Crippen LogP contribution >= 0.6 is 0 Å². The molecule has 1 N–H and O–H groups in total. The molecular weight excluding hydrogens is 456 g/mol. The van der Waals surface area contributed by atoms with Crippen molar-refractivity contribution >= 4 is 17.5 Å². The van der Waals surface area contributed by atoms with Gasteiger partial charge in [0.1, 0.15) is 22.8 Å². The van der Waals surface area contributed by atoms with E-state index in [0.717, 1.165) is 17.5 Å². The number of benzene rings is 3. The van der Waals surface area contributed by atoms with Gasteiger partial charge >= 0.3 is 0 Å². The third kappa shape index (κ3) is 5.00. The maximum absolute atomic E-state index is 13.5. The Morgan fingerprint density at radius 2 is 1.72 bits per heavy atom. The third-order valence-electron chi connectivity index (χ3n) is 6.46. The first-order valence-electron chi connectivity index (χ1n) is 12.2. The van der Waals surface area contributed by atoms with Gasteiger partial charge in [-0.1, -0.05) is 50.2 Å². The van der Waals surface area contributed by atoms with Crippen LogP contribution in [0.1, 0.15) is 54.2 Å². The van der Waals surface area contributed by atoms with Crippen molar-refractivity contribution in [1.29, 1.82) is 0 Å². The average molecular weight is 489 g/mol. The summed E-state index contributed by atoms with van der Waals surface area (Å²) < 4.78 is 16.9. The lowest BCUT2D eigenvalue weighted by atomic mass is 10.0. The normalized spacial score (nSPS) is 15.8. The number of carbonyl (C=O) groups excluding carboxylic acids is 2. The molecule has 2 atom stereocenters. The predicted molar refractivity (Wildman–Crippen MR) is 139 cm³/mol. The molecule has 7 heteroatoms. The number of fused-ring (bicyclic) bond motifs is 1. The van der Waals surface area contributed by atoms with Gasteiger partial charge in [0.05, 0.1) is 26.8 Å². The van der Waals surface area contributed by atoms with E-state index < -0.39 is 6.10 Å². The van der Waals surface area contributed by atoms with E-state index in [1.165, 1.54) is 14.2 Å². The molecule has 2 unspecified atom stereocenters. The van der Waals surface area contributed by atoms with Crippen molar-refractivity contribution in [3.05, 3.63) is 83.4 Å². The molecule has 0 radical (unpaired) electrons. The van der Waals surface area contributed by atoms with E-state index in [2.05, 4.69) is 12.2 Å². The van der Waals surface area contributed by atoms with Gasteiger partial charge in [-0.25, -0.2) is 0 Å². The fraction of sp³-hybridized carbons (Fsp3) is 0.310. The number of nitrogens with one attached hydrogen (secondary N) is 1. The Labute approximate surface area is 212 Å². The van der Waals surface area contributed by atoms with Gasteiger partial charge < -0.3 is 24.4 Å². The summed E-state index contributed by atoms with van der Waals surface area (Å²) in [7, 11) is 3.02. The first-order chi connectivity index (χ1) is 17.5. The Hall–Kier alpha value is -4.00. The van der Waals surface area contributed by atoms with E-state index >= 15 is 0 Å². The SMILES string of the molecule is CCC1Oc2ccc(NC(=O)c3c(OC)cccc3OC)cc2CN(C(CC)c2ccccc2)C1=O. The van der Waals surface area contributed by atoms with Gasteiger partial charge in [0.2, 0.25) is 0 Å². The number of nitrogens with zero attached hydrogens (tertiary/aromatic N) is 1. The molecule has 1 aliphatic rings. The Balaban J connectivity index is 1.67. The predicted octanol–water partition coefficient (Wildman–Crippen LogP) is 5.61. The molecule has 7 nitrogen and oxygen atoms in total. The van der Waals surface area contributed by atoms with Gasteiger partial charge in [-0.15, -0.1) is 0 Å². The quantitative estimate of drug-likeness (QED) is 0.446. The molecule has 0 aromatic heterocycles. The minimum Gasteiger partial charge on any atom is -0.496 e. The average Bonchev–Trinajstić information content (AvgIpc) is 3.05. The number of carbonyl (C=O) groups is 2. The molecule has 1 aliphatic heterocycles. The molecule has 4 rings (SSSR count). The van der Waals surface area contributed by atoms with E-state index in [1.807, 2.05) is 54.3 Å². The molecule has 0 fully saturated rings. The lowest BCUT2D eigenvalue weighted by Gasteiger charge is -2.32. The zero-order valence-electron chi connectivity index (χ0n) is 21.1. The summed E-state index contributed by atoms with van der Waals surface area (Å²) in [6, 6.07) is 20.6. The molecule has 0 bridgehead atoms. The minimum absolute atomic E-state index is 0.0336. The summed E-state index contributed by atoms with van der Waals surface area (Å²) in [5, 5.41) is 2.95. The molecule has 0 aliphatic carbocycles. The van der Waals surface area contributed by atoms with Crippen LogP contribution in [0.2, 0.25) is 0 Å². The number of methoxy groups -OCH3 is 2. The second-order valence-electron chi connectivity index (χ2n) is 8.63. The van der Waals surface area contributed by atoms with Crippen LogP contribution in [-0.4, -0.2) is 37.0 Å². The van der Waals surface area contributed by atoms with Gasteiger partial charge in [0, 0.05) is 11.3 Å². The van der Waals surface area contributed by atoms with E-state index in [0.29, 0.717) is 41.5 Å². The number of amides is 2. The van der Waals surface area contributed by atoms with Gasteiger partial charge in [0.15, 0.2) is 6.10 Å². The maximum Gasteiger partial charge on any atom is 0.264 e. The molecule has 36 heavy (non-hydrogen) atoms. The molecule has 2 amide bonds. The Bertz CT molecular complexity index is 1210. The summed E-state index contributed by atoms with van der Waals surface area (Å²) in [4.78, 5) is 28.6. The Kier molecular flexibility index (Phi) is 7.78. The van der Waals surface area contributed by atoms with Crippen LogP contribution in [-0.2, 0) is 11.3 Å². The topological polar surface area (TPSA) is 77.1 Å². The maximum atomic E-state index is 13.5. The first-order valence-corrected chi connectivity index (χ1v) is 12.2. The van der Waals surface area contributed by atoms with Crippen molar-refractivity contribution in [2.24, 2.45) is 0 Å². The standard InChI is InChI=1S/C29H32N2O5/c1-5-22(19-11-8-7-9-12-19)31-18-20-17-21(15-16-24(20)36-23(6-2)29(31)33)30-28(32)27-25(34-3)13-10-14-26(27)35-4/h7-17,22-23H,5-6,18H2,1-4H3,(H,30,32). The Morgan fingerprint density at radius 1 is 1.03 bits per heavy atom. The van der Waals surface area contributed by atoms with E-state index in [4.69, 9.17) is 14.2 Å². The van der Waals surface area contributed by atoms with Crippen LogP contribution < -0.4 is 19.5 Å². The largest absolute Gasteiger partial charge is 0.496 e. The number of ether oxygens (including phenoxy) is 3. The van der Waals surface area contributed by atoms with Gasteiger partial charge in [-0.3, -0.25) is 9.59 Å². The first kappa shape index (κ1) is 25.1. The fourth-order valence-corrected chi connectivity index (χ4v) is 4.65. The second kappa shape index (κ2) is 11.2. The van der Waals surface area contributed by atoms with E-state index in [-0.39, 0.29) is 17.9 Å². The third-order valence-corrected chi connectivity index (χ3v) is 6.46. The fourth-order valence-electron chi connectivity index (χ4n) is 4.65. The minimum atomic E-state index is -0.567. The van der Waals surface area contributed by atoms with Crippen molar-refractivity contribution in [2.45, 2.75) is 45.4 Å².